The molecule has 1 aromatic rings. The molecule has 0 aliphatic rings. The van der Waals surface area contributed by atoms with Gasteiger partial charge in [0.1, 0.15) is 0 Å². The van der Waals surface area contributed by atoms with Crippen LogP contribution in [0.3, 0.4) is 0 Å². The van der Waals surface area contributed by atoms with E-state index in [1.54, 1.807) is 13.3 Å². The molecule has 1 aromatic heterocycles. The van der Waals surface area contributed by atoms with Gasteiger partial charge in [-0.05, 0) is 0 Å². The predicted molar refractivity (Wildman–Crippen MR) is 33.2 cm³/mol. The fourth-order valence-corrected chi connectivity index (χ4v) is 1.72. The second kappa shape index (κ2) is 3.26. The average molecular weight is 209 g/mol. The summed E-state index contributed by atoms with van der Waals surface area (Å²) >= 11 is 6.44. The molecule has 49 valence electrons. The van der Waals surface area contributed by atoms with Gasteiger partial charge in [0, 0.05) is 0 Å². The molecule has 0 radical (unpaired) electrons. The molecule has 0 aliphatic carbocycles. The minimum absolute atomic E-state index is 0.280. The zero-order chi connectivity index (χ0) is 7.56. The van der Waals surface area contributed by atoms with Crippen LogP contribution in [0.25, 0.3) is 0 Å². The van der Waals surface area contributed by atoms with Gasteiger partial charge in [0.05, 0.1) is 0 Å². The van der Waals surface area contributed by atoms with Crippen LogP contribution in [0, 0.1) is 0 Å². The molecule has 1 rings (SSSR count). The average Bonchev–Trinajstić information content (AvgIpc) is 1.88. The summed E-state index contributed by atoms with van der Waals surface area (Å²) in [6.45, 7) is 0. The van der Waals surface area contributed by atoms with E-state index < -0.39 is 0 Å². The molecule has 0 fully saturated rings. The van der Waals surface area contributed by atoms with E-state index in [0.717, 1.165) is 22.6 Å². The van der Waals surface area contributed by atoms with Crippen LogP contribution in [0.15, 0.2) is 6.20 Å². The zero-order valence-electron chi connectivity index (χ0n) is 5.47. The van der Waals surface area contributed by atoms with Gasteiger partial charge in [0.2, 0.25) is 0 Å². The maximum absolute atomic E-state index is 5.52. The summed E-state index contributed by atoms with van der Waals surface area (Å²) < 4.78 is 5.82. The van der Waals surface area contributed by atoms with Crippen LogP contribution in [0.5, 0.6) is 5.75 Å². The van der Waals surface area contributed by atoms with Crippen LogP contribution >= 0.6 is 11.6 Å². The van der Waals surface area contributed by atoms with Gasteiger partial charge in [0.15, 0.2) is 0 Å². The van der Waals surface area contributed by atoms with Gasteiger partial charge in [-0.15, -0.1) is 0 Å². The molecule has 10 heavy (non-hydrogen) atoms. The molecule has 0 atom stereocenters. The van der Waals surface area contributed by atoms with Crippen LogP contribution in [-0.2, 0) is 18.3 Å². The number of ether oxygens (including phenoxy) is 1. The standard InChI is InChI=1S/C5H4ClN2O.Zn/c1-9-4-2-7-5(6)8-3-4;/h2H,1H3;. The topological polar surface area (TPSA) is 35.0 Å². The van der Waals surface area contributed by atoms with Crippen LogP contribution in [0.1, 0.15) is 0 Å². The summed E-state index contributed by atoms with van der Waals surface area (Å²) in [5, 5.41) is 0.280. The van der Waals surface area contributed by atoms with E-state index in [1.807, 2.05) is 0 Å². The molecule has 5 heteroatoms. The van der Waals surface area contributed by atoms with Crippen molar-refractivity contribution in [2.24, 2.45) is 0 Å². The molecule has 0 spiro atoms. The molecule has 0 aromatic carbocycles. The molecule has 0 bridgehead atoms. The first-order valence-electron chi connectivity index (χ1n) is 2.62. The Balaban J connectivity index is 3.07. The first-order valence-corrected chi connectivity index (χ1v) is 4.48. The van der Waals surface area contributed by atoms with Gasteiger partial charge in [-0.3, -0.25) is 0 Å². The van der Waals surface area contributed by atoms with E-state index in [9.17, 15) is 0 Å². The monoisotopic (exact) mass is 207 g/mol. The Morgan fingerprint density at radius 1 is 1.70 bits per heavy atom. The Labute approximate surface area is 73.5 Å². The van der Waals surface area contributed by atoms with Gasteiger partial charge in [0.25, 0.3) is 0 Å². The van der Waals surface area contributed by atoms with Crippen molar-refractivity contribution < 1.29 is 23.0 Å². The second-order valence-electron chi connectivity index (χ2n) is 1.65. The minimum atomic E-state index is 0.280. The van der Waals surface area contributed by atoms with Gasteiger partial charge in [-0.25, -0.2) is 0 Å². The van der Waals surface area contributed by atoms with Crippen molar-refractivity contribution in [3.63, 3.8) is 0 Å². The molecule has 0 saturated carbocycles. The second-order valence-corrected chi connectivity index (χ2v) is 3.40. The van der Waals surface area contributed by atoms with Crippen molar-refractivity contribution in [1.82, 2.24) is 9.97 Å². The van der Waals surface area contributed by atoms with Gasteiger partial charge in [-0.2, -0.15) is 0 Å². The molecule has 1 heterocycles. The summed E-state index contributed by atoms with van der Waals surface area (Å²) in [6.07, 6.45) is 1.58. The molecular formula is C5H4ClN2OZn. The number of halogens is 1. The molecule has 0 N–H and O–H groups in total. The summed E-state index contributed by atoms with van der Waals surface area (Å²) in [5.41, 5.74) is 0. The van der Waals surface area contributed by atoms with E-state index in [1.165, 1.54) is 0 Å². The number of hydrogen-bond acceptors (Lipinski definition) is 3. The Kier molecular flexibility index (Phi) is 2.58. The Morgan fingerprint density at radius 2 is 2.40 bits per heavy atom. The third-order valence-corrected chi connectivity index (χ3v) is 2.26. The molecule has 0 unspecified atom stereocenters. The quantitative estimate of drug-likeness (QED) is 0.493. The number of hydrogen-bond donors (Lipinski definition) is 0. The first-order chi connectivity index (χ1) is 4.74. The van der Waals surface area contributed by atoms with Crippen molar-refractivity contribution in [2.75, 3.05) is 7.11 Å². The number of rotatable bonds is 1. The Hall–Kier alpha value is -0.207. The van der Waals surface area contributed by atoms with Crippen LogP contribution < -0.4 is 9.03 Å². The van der Waals surface area contributed by atoms with Crippen LogP contribution in [0.2, 0.25) is 5.28 Å². The zero-order valence-corrected chi connectivity index (χ0v) is 9.19. The first kappa shape index (κ1) is 7.90. The fourth-order valence-electron chi connectivity index (χ4n) is 0.552. The number of methoxy groups -OCH3 is 1. The van der Waals surface area contributed by atoms with Crippen molar-refractivity contribution >= 4 is 15.9 Å². The van der Waals surface area contributed by atoms with Crippen molar-refractivity contribution in [3.05, 3.63) is 11.5 Å². The van der Waals surface area contributed by atoms with Crippen molar-refractivity contribution in [1.29, 1.82) is 0 Å². The van der Waals surface area contributed by atoms with E-state index in [0.29, 0.717) is 5.75 Å². The number of aromatic nitrogens is 2. The van der Waals surface area contributed by atoms with E-state index in [2.05, 4.69) is 9.97 Å². The Morgan fingerprint density at radius 3 is 2.90 bits per heavy atom. The third kappa shape index (κ3) is 1.64. The molecule has 0 amide bonds. The Bertz CT molecular complexity index is 243. The predicted octanol–water partition coefficient (Wildman–Crippen LogP) is 0.311. The van der Waals surface area contributed by atoms with E-state index in [4.69, 9.17) is 16.3 Å². The van der Waals surface area contributed by atoms with Gasteiger partial charge < -0.3 is 0 Å². The van der Waals surface area contributed by atoms with Crippen LogP contribution in [0.4, 0.5) is 0 Å². The normalized spacial score (nSPS) is 9.60. The SMILES string of the molecule is COc1cnc(Cl)n[c]1[Zn]. The van der Waals surface area contributed by atoms with E-state index in [-0.39, 0.29) is 5.28 Å². The van der Waals surface area contributed by atoms with E-state index >= 15 is 0 Å². The van der Waals surface area contributed by atoms with Gasteiger partial charge >= 0.3 is 73.2 Å². The molecule has 0 saturated heterocycles. The third-order valence-electron chi connectivity index (χ3n) is 1.02. The van der Waals surface area contributed by atoms with Gasteiger partial charge in [-0.1, -0.05) is 0 Å². The summed E-state index contributed by atoms with van der Waals surface area (Å²) in [4.78, 5) is 7.69. The summed E-state index contributed by atoms with van der Waals surface area (Å²) in [7, 11) is 1.59. The summed E-state index contributed by atoms with van der Waals surface area (Å²) in [6, 6.07) is 0. The summed E-state index contributed by atoms with van der Waals surface area (Å²) in [5.74, 6) is 0.712. The molecular weight excluding hydrogens is 205 g/mol. The van der Waals surface area contributed by atoms with Crippen molar-refractivity contribution in [2.45, 2.75) is 0 Å². The van der Waals surface area contributed by atoms with Crippen LogP contribution in [-0.4, -0.2) is 17.1 Å². The van der Waals surface area contributed by atoms with Crippen molar-refractivity contribution in [3.8, 4) is 5.75 Å². The fraction of sp³-hybridized carbons (Fsp3) is 0.200. The molecule has 3 nitrogen and oxygen atoms in total. The maximum atomic E-state index is 5.52. The molecule has 0 aliphatic heterocycles. The number of nitrogens with zero attached hydrogens (tertiary/aromatic N) is 2.